The number of rotatable bonds is 3. The zero-order chi connectivity index (χ0) is 14.1. The van der Waals surface area contributed by atoms with Crippen LogP contribution < -0.4 is 5.56 Å². The Morgan fingerprint density at radius 3 is 3.05 bits per heavy atom. The molecule has 0 saturated heterocycles. The summed E-state index contributed by atoms with van der Waals surface area (Å²) in [5, 5.41) is 1.51. The van der Waals surface area contributed by atoms with Crippen LogP contribution in [0.15, 0.2) is 39.1 Å². The Bertz CT molecular complexity index is 715. The predicted molar refractivity (Wildman–Crippen MR) is 84.9 cm³/mol. The zero-order valence-electron chi connectivity index (χ0n) is 10.9. The highest BCUT2D eigenvalue weighted by atomic mass is 35.5. The molecule has 2 aromatic rings. The lowest BCUT2D eigenvalue weighted by atomic mass is 10.2. The Kier molecular flexibility index (Phi) is 4.10. The minimum atomic E-state index is 0.0687. The summed E-state index contributed by atoms with van der Waals surface area (Å²) in [6, 6.07) is 7.75. The van der Waals surface area contributed by atoms with Gasteiger partial charge in [-0.25, -0.2) is 4.98 Å². The van der Waals surface area contributed by atoms with E-state index in [9.17, 15) is 4.79 Å². The van der Waals surface area contributed by atoms with Gasteiger partial charge >= 0.3 is 0 Å². The average molecular weight is 325 g/mol. The van der Waals surface area contributed by atoms with Crippen molar-refractivity contribution in [3.8, 4) is 0 Å². The fourth-order valence-corrected chi connectivity index (χ4v) is 4.40. The van der Waals surface area contributed by atoms with Crippen LogP contribution >= 0.6 is 35.1 Å². The Hall–Kier alpha value is -0.910. The van der Waals surface area contributed by atoms with Crippen molar-refractivity contribution in [2.45, 2.75) is 22.2 Å². The van der Waals surface area contributed by atoms with Crippen LogP contribution in [0.5, 0.6) is 0 Å². The van der Waals surface area contributed by atoms with E-state index in [4.69, 9.17) is 11.6 Å². The van der Waals surface area contributed by atoms with E-state index in [1.165, 1.54) is 0 Å². The molecule has 1 aromatic carbocycles. The van der Waals surface area contributed by atoms with E-state index in [2.05, 4.69) is 4.98 Å². The molecule has 20 heavy (non-hydrogen) atoms. The average Bonchev–Trinajstić information content (AvgIpc) is 2.91. The van der Waals surface area contributed by atoms with E-state index < -0.39 is 0 Å². The molecule has 1 aliphatic rings. The van der Waals surface area contributed by atoms with E-state index in [0.29, 0.717) is 5.75 Å². The Labute approximate surface area is 130 Å². The number of hydrogen-bond donors (Lipinski definition) is 0. The molecule has 0 saturated carbocycles. The lowest BCUT2D eigenvalue weighted by Crippen LogP contribution is -2.22. The topological polar surface area (TPSA) is 34.9 Å². The van der Waals surface area contributed by atoms with Gasteiger partial charge in [-0.2, -0.15) is 0 Å². The maximum atomic E-state index is 12.2. The second-order valence-electron chi connectivity index (χ2n) is 4.51. The summed E-state index contributed by atoms with van der Waals surface area (Å²) in [6.45, 7) is 0. The molecule has 0 bridgehead atoms. The SMILES string of the molecule is Cn1c(SCc2ccccc2Cl)nc2c(c1=O)SCC2. The number of aryl methyl sites for hydroxylation is 1. The molecule has 1 aliphatic heterocycles. The van der Waals surface area contributed by atoms with Gasteiger partial charge in [0.25, 0.3) is 5.56 Å². The predicted octanol–water partition coefficient (Wildman–Crippen LogP) is 3.37. The normalized spacial score (nSPS) is 13.5. The van der Waals surface area contributed by atoms with Gasteiger partial charge in [-0.15, -0.1) is 11.8 Å². The quantitative estimate of drug-likeness (QED) is 0.640. The fourth-order valence-electron chi connectivity index (χ4n) is 2.05. The number of halogens is 1. The van der Waals surface area contributed by atoms with Crippen LogP contribution in [-0.2, 0) is 19.2 Å². The maximum Gasteiger partial charge on any atom is 0.267 e. The lowest BCUT2D eigenvalue weighted by Gasteiger charge is -2.09. The first-order chi connectivity index (χ1) is 9.66. The van der Waals surface area contributed by atoms with Crippen molar-refractivity contribution in [3.05, 3.63) is 50.9 Å². The van der Waals surface area contributed by atoms with E-state index in [1.54, 1.807) is 35.1 Å². The molecule has 0 unspecified atom stereocenters. The monoisotopic (exact) mass is 324 g/mol. The molecule has 0 radical (unpaired) electrons. The number of fused-ring (bicyclic) bond motifs is 1. The van der Waals surface area contributed by atoms with Crippen molar-refractivity contribution < 1.29 is 0 Å². The zero-order valence-corrected chi connectivity index (χ0v) is 13.3. The molecule has 0 spiro atoms. The molecule has 0 aliphatic carbocycles. The van der Waals surface area contributed by atoms with Crippen molar-refractivity contribution in [3.63, 3.8) is 0 Å². The summed E-state index contributed by atoms with van der Waals surface area (Å²) in [4.78, 5) is 17.7. The summed E-state index contributed by atoms with van der Waals surface area (Å²) in [5.74, 6) is 1.67. The summed E-state index contributed by atoms with van der Waals surface area (Å²) < 4.78 is 1.64. The summed E-state index contributed by atoms with van der Waals surface area (Å²) in [6.07, 6.45) is 0.885. The molecule has 3 nitrogen and oxygen atoms in total. The van der Waals surface area contributed by atoms with Gasteiger partial charge in [0.05, 0.1) is 10.6 Å². The van der Waals surface area contributed by atoms with Gasteiger partial charge in [0.2, 0.25) is 0 Å². The molecule has 0 fully saturated rings. The molecule has 0 N–H and O–H groups in total. The molecule has 1 aromatic heterocycles. The molecular formula is C14H13ClN2OS2. The Balaban J connectivity index is 1.87. The third kappa shape index (κ3) is 2.62. The number of aromatic nitrogens is 2. The first kappa shape index (κ1) is 14.0. The second kappa shape index (κ2) is 5.84. The van der Waals surface area contributed by atoms with Crippen LogP contribution in [0.4, 0.5) is 0 Å². The second-order valence-corrected chi connectivity index (χ2v) is 6.97. The smallest absolute Gasteiger partial charge is 0.267 e. The van der Waals surface area contributed by atoms with Gasteiger partial charge in [-0.05, 0) is 11.6 Å². The van der Waals surface area contributed by atoms with Gasteiger partial charge in [-0.3, -0.25) is 9.36 Å². The minimum Gasteiger partial charge on any atom is -0.290 e. The van der Waals surface area contributed by atoms with E-state index >= 15 is 0 Å². The molecule has 6 heteroatoms. The third-order valence-electron chi connectivity index (χ3n) is 3.18. The highest BCUT2D eigenvalue weighted by Crippen LogP contribution is 2.30. The highest BCUT2D eigenvalue weighted by Gasteiger charge is 2.20. The number of hydrogen-bond acceptors (Lipinski definition) is 4. The molecule has 2 heterocycles. The van der Waals surface area contributed by atoms with Crippen molar-refractivity contribution in [1.29, 1.82) is 0 Å². The number of benzene rings is 1. The van der Waals surface area contributed by atoms with E-state index in [-0.39, 0.29) is 5.56 Å². The van der Waals surface area contributed by atoms with Crippen LogP contribution in [0.25, 0.3) is 0 Å². The maximum absolute atomic E-state index is 12.2. The molecule has 0 amide bonds. The molecule has 0 atom stereocenters. The van der Waals surface area contributed by atoms with Crippen LogP contribution in [0.2, 0.25) is 5.02 Å². The van der Waals surface area contributed by atoms with Gasteiger partial charge in [-0.1, -0.05) is 41.6 Å². The van der Waals surface area contributed by atoms with Gasteiger partial charge in [0.15, 0.2) is 5.16 Å². The van der Waals surface area contributed by atoms with E-state index in [0.717, 1.165) is 38.5 Å². The van der Waals surface area contributed by atoms with Crippen LogP contribution in [0.3, 0.4) is 0 Å². The first-order valence-electron chi connectivity index (χ1n) is 6.25. The fraction of sp³-hybridized carbons (Fsp3) is 0.286. The van der Waals surface area contributed by atoms with Gasteiger partial charge in [0, 0.05) is 30.0 Å². The van der Waals surface area contributed by atoms with Crippen molar-refractivity contribution in [1.82, 2.24) is 9.55 Å². The van der Waals surface area contributed by atoms with Gasteiger partial charge < -0.3 is 0 Å². The third-order valence-corrected chi connectivity index (χ3v) is 5.73. The first-order valence-corrected chi connectivity index (χ1v) is 8.60. The number of thioether (sulfide) groups is 2. The Morgan fingerprint density at radius 2 is 2.25 bits per heavy atom. The molecular weight excluding hydrogens is 312 g/mol. The van der Waals surface area contributed by atoms with Crippen LogP contribution in [0, 0.1) is 0 Å². The highest BCUT2D eigenvalue weighted by molar-refractivity contribution is 7.99. The molecule has 3 rings (SSSR count). The van der Waals surface area contributed by atoms with Crippen LogP contribution in [-0.4, -0.2) is 15.3 Å². The Morgan fingerprint density at radius 1 is 1.45 bits per heavy atom. The van der Waals surface area contributed by atoms with Crippen molar-refractivity contribution in [2.24, 2.45) is 7.05 Å². The van der Waals surface area contributed by atoms with Crippen molar-refractivity contribution in [2.75, 3.05) is 5.75 Å². The summed E-state index contributed by atoms with van der Waals surface area (Å²) in [7, 11) is 1.78. The lowest BCUT2D eigenvalue weighted by molar-refractivity contribution is 0.669. The minimum absolute atomic E-state index is 0.0687. The number of nitrogens with zero attached hydrogens (tertiary/aromatic N) is 2. The van der Waals surface area contributed by atoms with Crippen molar-refractivity contribution >= 4 is 35.1 Å². The van der Waals surface area contributed by atoms with E-state index in [1.807, 2.05) is 24.3 Å². The summed E-state index contributed by atoms with van der Waals surface area (Å²) in [5.41, 5.74) is 2.07. The standard InChI is InChI=1S/C14H13ClN2OS2/c1-17-13(18)12-11(6-7-19-12)16-14(17)20-8-9-4-2-3-5-10(9)15/h2-5H,6-8H2,1H3. The molecule has 104 valence electrons. The largest absolute Gasteiger partial charge is 0.290 e. The summed E-state index contributed by atoms with van der Waals surface area (Å²) >= 11 is 9.31. The van der Waals surface area contributed by atoms with Crippen LogP contribution in [0.1, 0.15) is 11.3 Å². The van der Waals surface area contributed by atoms with Gasteiger partial charge in [0.1, 0.15) is 0 Å².